The lowest BCUT2D eigenvalue weighted by molar-refractivity contribution is -0.116. The number of nitrogens with one attached hydrogen (secondary N) is 2. The summed E-state index contributed by atoms with van der Waals surface area (Å²) in [5.41, 5.74) is 1.48. The summed E-state index contributed by atoms with van der Waals surface area (Å²) < 4.78 is 27.6. The molecule has 0 unspecified atom stereocenters. The molecule has 0 saturated carbocycles. The number of hydrogen-bond donors (Lipinski definition) is 2. The molecule has 0 spiro atoms. The van der Waals surface area contributed by atoms with Gasteiger partial charge in [0, 0.05) is 36.4 Å². The summed E-state index contributed by atoms with van der Waals surface area (Å²) in [6, 6.07) is 13.0. The van der Waals surface area contributed by atoms with Crippen molar-refractivity contribution in [2.45, 2.75) is 50.8 Å². The molecule has 2 amide bonds. The fourth-order valence-electron chi connectivity index (χ4n) is 3.65. The standard InChI is InChI=1S/C24H31N3O4S/c1-18(2)16-23(28)25-20-10-12-21(13-11-20)26-24(29)19-8-7-9-22(17-19)32(30,31)27-14-5-3-4-6-15-27/h7-13,17-18H,3-6,14-16H2,1-2H3,(H,25,28)(H,26,29). The van der Waals surface area contributed by atoms with Crippen LogP contribution in [0.15, 0.2) is 53.4 Å². The second-order valence-electron chi connectivity index (χ2n) is 8.52. The van der Waals surface area contributed by atoms with Gasteiger partial charge >= 0.3 is 0 Å². The number of amides is 2. The number of anilines is 2. The molecular weight excluding hydrogens is 426 g/mol. The summed E-state index contributed by atoms with van der Waals surface area (Å²) in [7, 11) is -3.63. The lowest BCUT2D eigenvalue weighted by atomic mass is 10.1. The predicted octanol–water partition coefficient (Wildman–Crippen LogP) is 4.49. The Kier molecular flexibility index (Phi) is 8.04. The first-order chi connectivity index (χ1) is 15.3. The second kappa shape index (κ2) is 10.7. The fourth-order valence-corrected chi connectivity index (χ4v) is 5.22. The second-order valence-corrected chi connectivity index (χ2v) is 10.5. The zero-order valence-electron chi connectivity index (χ0n) is 18.6. The Morgan fingerprint density at radius 1 is 0.906 bits per heavy atom. The molecule has 0 radical (unpaired) electrons. The third-order valence-electron chi connectivity index (χ3n) is 5.32. The summed E-state index contributed by atoms with van der Waals surface area (Å²) >= 11 is 0. The Balaban J connectivity index is 1.67. The molecule has 3 rings (SSSR count). The third-order valence-corrected chi connectivity index (χ3v) is 7.21. The van der Waals surface area contributed by atoms with Gasteiger partial charge in [-0.15, -0.1) is 0 Å². The average molecular weight is 458 g/mol. The van der Waals surface area contributed by atoms with Crippen LogP contribution in [-0.2, 0) is 14.8 Å². The van der Waals surface area contributed by atoms with Gasteiger partial charge in [-0.1, -0.05) is 32.8 Å². The van der Waals surface area contributed by atoms with E-state index in [9.17, 15) is 18.0 Å². The smallest absolute Gasteiger partial charge is 0.255 e. The molecule has 1 aliphatic rings. The predicted molar refractivity (Wildman–Crippen MR) is 126 cm³/mol. The molecule has 32 heavy (non-hydrogen) atoms. The van der Waals surface area contributed by atoms with E-state index >= 15 is 0 Å². The van der Waals surface area contributed by atoms with Gasteiger partial charge in [0.05, 0.1) is 4.90 Å². The van der Waals surface area contributed by atoms with Gasteiger partial charge < -0.3 is 10.6 Å². The van der Waals surface area contributed by atoms with Crippen LogP contribution >= 0.6 is 0 Å². The number of benzene rings is 2. The minimum absolute atomic E-state index is 0.0563. The summed E-state index contributed by atoms with van der Waals surface area (Å²) in [5.74, 6) is -0.179. The molecule has 8 heteroatoms. The van der Waals surface area contributed by atoms with E-state index in [1.807, 2.05) is 13.8 Å². The van der Waals surface area contributed by atoms with Crippen molar-refractivity contribution in [2.24, 2.45) is 5.92 Å². The van der Waals surface area contributed by atoms with Crippen molar-refractivity contribution >= 4 is 33.2 Å². The first-order valence-electron chi connectivity index (χ1n) is 11.1. The average Bonchev–Trinajstić information content (AvgIpc) is 3.05. The molecule has 0 atom stereocenters. The topological polar surface area (TPSA) is 95.6 Å². The maximum absolute atomic E-state index is 13.0. The van der Waals surface area contributed by atoms with Crippen molar-refractivity contribution < 1.29 is 18.0 Å². The molecule has 1 fully saturated rings. The Morgan fingerprint density at radius 2 is 1.50 bits per heavy atom. The molecule has 172 valence electrons. The molecule has 1 aliphatic heterocycles. The van der Waals surface area contributed by atoms with Gasteiger partial charge in [0.1, 0.15) is 0 Å². The van der Waals surface area contributed by atoms with Crippen LogP contribution in [-0.4, -0.2) is 37.6 Å². The van der Waals surface area contributed by atoms with Crippen LogP contribution in [0.5, 0.6) is 0 Å². The van der Waals surface area contributed by atoms with Crippen LogP contribution in [0.4, 0.5) is 11.4 Å². The normalized spacial score (nSPS) is 15.2. The lowest BCUT2D eigenvalue weighted by Gasteiger charge is -2.20. The summed E-state index contributed by atoms with van der Waals surface area (Å²) in [6.07, 6.45) is 4.22. The number of nitrogens with zero attached hydrogens (tertiary/aromatic N) is 1. The van der Waals surface area contributed by atoms with Gasteiger partial charge in [0.25, 0.3) is 5.91 Å². The van der Waals surface area contributed by atoms with Crippen LogP contribution in [0.25, 0.3) is 0 Å². The van der Waals surface area contributed by atoms with E-state index in [0.717, 1.165) is 25.7 Å². The Morgan fingerprint density at radius 3 is 2.09 bits per heavy atom. The van der Waals surface area contributed by atoms with Crippen molar-refractivity contribution in [2.75, 3.05) is 23.7 Å². The highest BCUT2D eigenvalue weighted by molar-refractivity contribution is 7.89. The van der Waals surface area contributed by atoms with Crippen molar-refractivity contribution in [3.63, 3.8) is 0 Å². The Hall–Kier alpha value is -2.71. The molecule has 2 N–H and O–H groups in total. The lowest BCUT2D eigenvalue weighted by Crippen LogP contribution is -2.32. The highest BCUT2D eigenvalue weighted by Gasteiger charge is 2.25. The maximum Gasteiger partial charge on any atom is 0.255 e. The van der Waals surface area contributed by atoms with E-state index in [2.05, 4.69) is 10.6 Å². The number of sulfonamides is 1. The number of carbonyl (C=O) groups is 2. The quantitative estimate of drug-likeness (QED) is 0.640. The van der Waals surface area contributed by atoms with Gasteiger partial charge in [0.2, 0.25) is 15.9 Å². The van der Waals surface area contributed by atoms with Crippen molar-refractivity contribution in [1.29, 1.82) is 0 Å². The molecule has 2 aromatic carbocycles. The molecule has 0 bridgehead atoms. The first-order valence-corrected chi connectivity index (χ1v) is 12.5. The van der Waals surface area contributed by atoms with Crippen LogP contribution in [0.1, 0.15) is 56.3 Å². The summed E-state index contributed by atoms with van der Waals surface area (Å²) in [4.78, 5) is 24.7. The van der Waals surface area contributed by atoms with Gasteiger partial charge in [-0.05, 0) is 61.2 Å². The van der Waals surface area contributed by atoms with E-state index in [1.165, 1.54) is 16.4 Å². The number of hydrogen-bond acceptors (Lipinski definition) is 4. The first kappa shape index (κ1) is 23.9. The highest BCUT2D eigenvalue weighted by Crippen LogP contribution is 2.22. The van der Waals surface area contributed by atoms with Crippen LogP contribution in [0.3, 0.4) is 0 Å². The molecule has 7 nitrogen and oxygen atoms in total. The molecule has 1 heterocycles. The molecule has 0 aromatic heterocycles. The van der Waals surface area contributed by atoms with E-state index < -0.39 is 15.9 Å². The van der Waals surface area contributed by atoms with Gasteiger partial charge in [0.15, 0.2) is 0 Å². The highest BCUT2D eigenvalue weighted by atomic mass is 32.2. The monoisotopic (exact) mass is 457 g/mol. The van der Waals surface area contributed by atoms with E-state index in [1.54, 1.807) is 36.4 Å². The minimum Gasteiger partial charge on any atom is -0.326 e. The van der Waals surface area contributed by atoms with E-state index in [4.69, 9.17) is 0 Å². The van der Waals surface area contributed by atoms with E-state index in [-0.39, 0.29) is 22.3 Å². The van der Waals surface area contributed by atoms with Gasteiger partial charge in [-0.25, -0.2) is 8.42 Å². The van der Waals surface area contributed by atoms with Gasteiger partial charge in [-0.2, -0.15) is 4.31 Å². The van der Waals surface area contributed by atoms with Crippen LogP contribution < -0.4 is 10.6 Å². The Bertz CT molecular complexity index is 1040. The fraction of sp³-hybridized carbons (Fsp3) is 0.417. The maximum atomic E-state index is 13.0. The Labute approximate surface area is 190 Å². The van der Waals surface area contributed by atoms with Crippen molar-refractivity contribution in [1.82, 2.24) is 4.31 Å². The molecular formula is C24H31N3O4S. The summed E-state index contributed by atoms with van der Waals surface area (Å²) in [6.45, 7) is 4.98. The molecule has 1 saturated heterocycles. The zero-order chi connectivity index (χ0) is 23.1. The number of rotatable bonds is 7. The SMILES string of the molecule is CC(C)CC(=O)Nc1ccc(NC(=O)c2cccc(S(=O)(=O)N3CCCCCC3)c2)cc1. The van der Waals surface area contributed by atoms with Crippen molar-refractivity contribution in [3.05, 3.63) is 54.1 Å². The molecule has 2 aromatic rings. The zero-order valence-corrected chi connectivity index (χ0v) is 19.5. The minimum atomic E-state index is -3.63. The summed E-state index contributed by atoms with van der Waals surface area (Å²) in [5, 5.41) is 5.60. The van der Waals surface area contributed by atoms with E-state index in [0.29, 0.717) is 30.9 Å². The van der Waals surface area contributed by atoms with Crippen molar-refractivity contribution in [3.8, 4) is 0 Å². The van der Waals surface area contributed by atoms with Crippen LogP contribution in [0, 0.1) is 5.92 Å². The van der Waals surface area contributed by atoms with Gasteiger partial charge in [-0.3, -0.25) is 9.59 Å². The number of carbonyl (C=O) groups excluding carboxylic acids is 2. The van der Waals surface area contributed by atoms with Crippen LogP contribution in [0.2, 0.25) is 0 Å². The molecule has 0 aliphatic carbocycles. The largest absolute Gasteiger partial charge is 0.326 e. The third kappa shape index (κ3) is 6.40.